The van der Waals surface area contributed by atoms with Crippen molar-refractivity contribution in [1.29, 1.82) is 0 Å². The average Bonchev–Trinajstić information content (AvgIpc) is 1.99. The monoisotopic (exact) mass is 197 g/mol. The zero-order chi connectivity index (χ0) is 8.85. The fourth-order valence-electron chi connectivity index (χ4n) is 0.463. The van der Waals surface area contributed by atoms with Crippen molar-refractivity contribution in [2.45, 2.75) is 11.7 Å². The molecule has 0 fully saturated rings. The van der Waals surface area contributed by atoms with Crippen LogP contribution in [0.5, 0.6) is 0 Å². The number of carbonyl (C=O) groups excluding carboxylic acids is 1. The summed E-state index contributed by atoms with van der Waals surface area (Å²) in [5.41, 5.74) is 0. The molecule has 0 aromatic heterocycles. The van der Waals surface area contributed by atoms with Gasteiger partial charge in [0, 0.05) is 11.0 Å². The van der Waals surface area contributed by atoms with Gasteiger partial charge in [-0.1, -0.05) is 11.1 Å². The molecule has 0 aliphatic rings. The summed E-state index contributed by atoms with van der Waals surface area (Å²) in [5.74, 6) is -0.404. The number of ether oxygens (including phenoxy) is 1. The number of hydrogen-bond donors (Lipinski definition) is 1. The number of methoxy groups -OCH3 is 1. The topological polar surface area (TPSA) is 66.4 Å². The third-order valence-electron chi connectivity index (χ3n) is 1.10. The predicted molar refractivity (Wildman–Crippen MR) is 43.2 cm³/mol. The number of hydrogen-bond acceptors (Lipinski definition) is 5. The Morgan fingerprint density at radius 1 is 1.82 bits per heavy atom. The van der Waals surface area contributed by atoms with E-state index in [0.29, 0.717) is 0 Å². The third-order valence-corrected chi connectivity index (χ3v) is 2.66. The standard InChI is InChI=1S/C5H10O4S2/c1-9-5(6)2-4(3-10)11(7)8/h4,10H,2-3H2,1H3,(H,7,8)/p-1. The van der Waals surface area contributed by atoms with Crippen LogP contribution in [0, 0.1) is 0 Å². The SMILES string of the molecule is COC(=O)CC(CS)S(=O)[O-]. The van der Waals surface area contributed by atoms with Crippen molar-refractivity contribution < 1.29 is 18.3 Å². The molecule has 2 atom stereocenters. The van der Waals surface area contributed by atoms with Gasteiger partial charge in [0.15, 0.2) is 0 Å². The molecule has 0 aliphatic heterocycles. The van der Waals surface area contributed by atoms with E-state index in [9.17, 15) is 13.6 Å². The third kappa shape index (κ3) is 4.39. The highest BCUT2D eigenvalue weighted by molar-refractivity contribution is 7.84. The summed E-state index contributed by atoms with van der Waals surface area (Å²) >= 11 is 1.51. The van der Waals surface area contributed by atoms with Gasteiger partial charge in [0.2, 0.25) is 0 Å². The van der Waals surface area contributed by atoms with Crippen molar-refractivity contribution in [3.63, 3.8) is 0 Å². The molecule has 0 spiro atoms. The number of thiol groups is 1. The molecule has 0 heterocycles. The van der Waals surface area contributed by atoms with Crippen LogP contribution in [0.25, 0.3) is 0 Å². The van der Waals surface area contributed by atoms with Crippen LogP contribution in [0.4, 0.5) is 0 Å². The quantitative estimate of drug-likeness (QED) is 0.382. The van der Waals surface area contributed by atoms with Crippen LogP contribution in [0.2, 0.25) is 0 Å². The lowest BCUT2D eigenvalue weighted by Crippen LogP contribution is -2.21. The van der Waals surface area contributed by atoms with Crippen LogP contribution < -0.4 is 0 Å². The van der Waals surface area contributed by atoms with Crippen LogP contribution in [0.15, 0.2) is 0 Å². The van der Waals surface area contributed by atoms with E-state index in [2.05, 4.69) is 17.4 Å². The molecule has 11 heavy (non-hydrogen) atoms. The van der Waals surface area contributed by atoms with E-state index in [1.807, 2.05) is 0 Å². The van der Waals surface area contributed by atoms with Crippen LogP contribution in [-0.2, 0) is 20.6 Å². The molecule has 0 aromatic rings. The van der Waals surface area contributed by atoms with Crippen LogP contribution in [0.1, 0.15) is 6.42 Å². The van der Waals surface area contributed by atoms with Crippen LogP contribution >= 0.6 is 12.6 Å². The second-order valence-corrected chi connectivity index (χ2v) is 3.40. The largest absolute Gasteiger partial charge is 0.772 e. The molecular formula is C5H9O4S2-. The Balaban J connectivity index is 3.88. The van der Waals surface area contributed by atoms with Crippen molar-refractivity contribution >= 4 is 29.7 Å². The van der Waals surface area contributed by atoms with Gasteiger partial charge in [0.1, 0.15) is 0 Å². The summed E-state index contributed by atoms with van der Waals surface area (Å²) < 4.78 is 24.9. The Kier molecular flexibility index (Phi) is 5.53. The molecule has 4 nitrogen and oxygen atoms in total. The van der Waals surface area contributed by atoms with Crippen molar-refractivity contribution in [2.24, 2.45) is 0 Å². The van der Waals surface area contributed by atoms with E-state index < -0.39 is 22.3 Å². The molecule has 0 amide bonds. The molecule has 0 saturated carbocycles. The highest BCUT2D eigenvalue weighted by Gasteiger charge is 2.12. The first-order valence-corrected chi connectivity index (χ1v) is 4.64. The van der Waals surface area contributed by atoms with Gasteiger partial charge >= 0.3 is 5.97 Å². The minimum atomic E-state index is -2.25. The lowest BCUT2D eigenvalue weighted by Gasteiger charge is -2.15. The van der Waals surface area contributed by atoms with E-state index >= 15 is 0 Å². The first-order chi connectivity index (χ1) is 5.11. The van der Waals surface area contributed by atoms with E-state index in [1.54, 1.807) is 0 Å². The van der Waals surface area contributed by atoms with Crippen LogP contribution in [0.3, 0.4) is 0 Å². The Morgan fingerprint density at radius 2 is 2.36 bits per heavy atom. The summed E-state index contributed by atoms with van der Waals surface area (Å²) in [6, 6.07) is 0. The van der Waals surface area contributed by atoms with Gasteiger partial charge in [-0.2, -0.15) is 12.6 Å². The zero-order valence-electron chi connectivity index (χ0n) is 5.98. The van der Waals surface area contributed by atoms with Crippen LogP contribution in [-0.4, -0.2) is 32.8 Å². The first kappa shape index (κ1) is 10.9. The van der Waals surface area contributed by atoms with Crippen molar-refractivity contribution in [2.75, 3.05) is 12.9 Å². The normalized spacial score (nSPS) is 15.5. The van der Waals surface area contributed by atoms with Gasteiger partial charge in [-0.15, -0.1) is 0 Å². The number of esters is 1. The minimum Gasteiger partial charge on any atom is -0.772 e. The highest BCUT2D eigenvalue weighted by atomic mass is 32.2. The molecule has 2 unspecified atom stereocenters. The molecule has 0 aromatic carbocycles. The van der Waals surface area contributed by atoms with Gasteiger partial charge in [-0.25, -0.2) is 0 Å². The van der Waals surface area contributed by atoms with Crippen molar-refractivity contribution in [3.05, 3.63) is 0 Å². The summed E-state index contributed by atoms with van der Waals surface area (Å²) in [7, 11) is 1.21. The lowest BCUT2D eigenvalue weighted by atomic mass is 10.3. The van der Waals surface area contributed by atoms with Crippen molar-refractivity contribution in [1.82, 2.24) is 0 Å². The lowest BCUT2D eigenvalue weighted by molar-refractivity contribution is -0.140. The van der Waals surface area contributed by atoms with E-state index in [0.717, 1.165) is 0 Å². The smallest absolute Gasteiger partial charge is 0.306 e. The molecule has 0 saturated heterocycles. The first-order valence-electron chi connectivity index (χ1n) is 2.87. The Bertz CT molecular complexity index is 159. The molecule has 0 N–H and O–H groups in total. The summed E-state index contributed by atoms with van der Waals surface area (Å²) in [5, 5.41) is -0.745. The van der Waals surface area contributed by atoms with Gasteiger partial charge in [0.25, 0.3) is 0 Å². The molecule has 0 bridgehead atoms. The Morgan fingerprint density at radius 3 is 2.64 bits per heavy atom. The molecule has 6 heteroatoms. The maximum Gasteiger partial charge on any atom is 0.306 e. The van der Waals surface area contributed by atoms with Gasteiger partial charge in [0.05, 0.1) is 13.5 Å². The summed E-state index contributed by atoms with van der Waals surface area (Å²) in [4.78, 5) is 10.6. The van der Waals surface area contributed by atoms with Crippen molar-refractivity contribution in [3.8, 4) is 0 Å². The second-order valence-electron chi connectivity index (χ2n) is 1.85. The fourth-order valence-corrected chi connectivity index (χ4v) is 1.35. The maximum absolute atomic E-state index is 10.6. The minimum absolute atomic E-state index is 0.129. The van der Waals surface area contributed by atoms with Gasteiger partial charge in [-0.05, 0) is 0 Å². The number of rotatable bonds is 4. The Hall–Kier alpha value is -0.0700. The molecule has 0 rings (SSSR count). The summed E-state index contributed by atoms with van der Waals surface area (Å²) in [6.07, 6.45) is -0.129. The molecule has 0 aliphatic carbocycles. The molecule has 66 valence electrons. The summed E-state index contributed by atoms with van der Waals surface area (Å²) in [6.45, 7) is 0. The van der Waals surface area contributed by atoms with E-state index in [-0.39, 0.29) is 12.2 Å². The van der Waals surface area contributed by atoms with E-state index in [1.165, 1.54) is 7.11 Å². The zero-order valence-corrected chi connectivity index (χ0v) is 7.69. The average molecular weight is 197 g/mol. The highest BCUT2D eigenvalue weighted by Crippen LogP contribution is 2.03. The maximum atomic E-state index is 10.6. The van der Waals surface area contributed by atoms with Gasteiger partial charge < -0.3 is 9.29 Å². The number of carbonyl (C=O) groups is 1. The van der Waals surface area contributed by atoms with E-state index in [4.69, 9.17) is 0 Å². The molecular weight excluding hydrogens is 188 g/mol. The predicted octanol–water partition coefficient (Wildman–Crippen LogP) is -0.273. The second kappa shape index (κ2) is 5.56. The fraction of sp³-hybridized carbons (Fsp3) is 0.800. The van der Waals surface area contributed by atoms with Gasteiger partial charge in [-0.3, -0.25) is 9.00 Å². The molecule has 0 radical (unpaired) electrons. The Labute approximate surface area is 73.0 Å².